The number of aromatic nitrogens is 1. The van der Waals surface area contributed by atoms with Crippen LogP contribution in [0.25, 0.3) is 0 Å². The Labute approximate surface area is 197 Å². The van der Waals surface area contributed by atoms with E-state index in [0.717, 1.165) is 16.7 Å². The standard InChI is InChI=1S/C26H25N3O5/c1-17-4-3-5-23(18(17)2)33-15-22(30)20-6-7-24-21(12-20)29(26(32)16-34-24)14-25(31)28-13-19-8-10-27-11-9-19/h3-12H,13-16H2,1-2H3,(H,28,31). The van der Waals surface area contributed by atoms with Crippen molar-refractivity contribution in [2.75, 3.05) is 24.7 Å². The fourth-order valence-electron chi connectivity index (χ4n) is 3.56. The van der Waals surface area contributed by atoms with E-state index in [0.29, 0.717) is 29.3 Å². The quantitative estimate of drug-likeness (QED) is 0.520. The van der Waals surface area contributed by atoms with Gasteiger partial charge in [0.25, 0.3) is 5.91 Å². The molecule has 0 spiro atoms. The number of Topliss-reactive ketones (excluding diaryl/α,β-unsaturated/α-hetero) is 1. The first-order chi connectivity index (χ1) is 16.4. The van der Waals surface area contributed by atoms with E-state index in [1.165, 1.54) is 4.90 Å². The number of rotatable bonds is 8. The molecule has 1 aromatic heterocycles. The summed E-state index contributed by atoms with van der Waals surface area (Å²) < 4.78 is 11.2. The van der Waals surface area contributed by atoms with E-state index >= 15 is 0 Å². The zero-order chi connectivity index (χ0) is 24.1. The van der Waals surface area contributed by atoms with Gasteiger partial charge >= 0.3 is 0 Å². The predicted molar refractivity (Wildman–Crippen MR) is 126 cm³/mol. The number of amides is 2. The second-order valence-electron chi connectivity index (χ2n) is 7.99. The number of benzene rings is 2. The zero-order valence-corrected chi connectivity index (χ0v) is 19.0. The Morgan fingerprint density at radius 2 is 1.91 bits per heavy atom. The number of nitrogens with zero attached hydrogens (tertiary/aromatic N) is 2. The average molecular weight is 460 g/mol. The second kappa shape index (κ2) is 10.2. The molecule has 0 fully saturated rings. The Hall–Kier alpha value is -4.20. The van der Waals surface area contributed by atoms with Crippen LogP contribution in [0.15, 0.2) is 60.9 Å². The van der Waals surface area contributed by atoms with E-state index in [9.17, 15) is 14.4 Å². The summed E-state index contributed by atoms with van der Waals surface area (Å²) in [6.07, 6.45) is 3.29. The van der Waals surface area contributed by atoms with Crippen molar-refractivity contribution >= 4 is 23.3 Å². The highest BCUT2D eigenvalue weighted by molar-refractivity contribution is 6.04. The van der Waals surface area contributed by atoms with Crippen LogP contribution in [0.2, 0.25) is 0 Å². The van der Waals surface area contributed by atoms with Gasteiger partial charge in [0, 0.05) is 24.5 Å². The normalized spacial score (nSPS) is 12.5. The van der Waals surface area contributed by atoms with Crippen LogP contribution in [0.4, 0.5) is 5.69 Å². The number of hydrogen-bond acceptors (Lipinski definition) is 6. The Balaban J connectivity index is 1.45. The molecule has 2 aromatic carbocycles. The molecule has 4 rings (SSSR count). The van der Waals surface area contributed by atoms with Crippen LogP contribution >= 0.6 is 0 Å². The van der Waals surface area contributed by atoms with Gasteiger partial charge in [0.1, 0.15) is 18.0 Å². The molecule has 34 heavy (non-hydrogen) atoms. The van der Waals surface area contributed by atoms with Crippen LogP contribution in [-0.4, -0.2) is 42.3 Å². The number of ether oxygens (including phenoxy) is 2. The molecule has 2 heterocycles. The third kappa shape index (κ3) is 5.23. The number of hydrogen-bond donors (Lipinski definition) is 1. The Morgan fingerprint density at radius 1 is 1.12 bits per heavy atom. The predicted octanol–water partition coefficient (Wildman–Crippen LogP) is 3.00. The molecule has 1 aliphatic rings. The highest BCUT2D eigenvalue weighted by atomic mass is 16.5. The van der Waals surface area contributed by atoms with Gasteiger partial charge in [-0.15, -0.1) is 0 Å². The van der Waals surface area contributed by atoms with E-state index in [-0.39, 0.29) is 37.4 Å². The van der Waals surface area contributed by atoms with E-state index < -0.39 is 0 Å². The number of pyridine rings is 1. The first kappa shape index (κ1) is 23.0. The van der Waals surface area contributed by atoms with E-state index in [4.69, 9.17) is 9.47 Å². The number of aryl methyl sites for hydroxylation is 1. The molecule has 0 atom stereocenters. The number of ketones is 1. The van der Waals surface area contributed by atoms with Crippen molar-refractivity contribution in [2.45, 2.75) is 20.4 Å². The molecule has 0 saturated heterocycles. The summed E-state index contributed by atoms with van der Waals surface area (Å²) in [5.41, 5.74) is 3.70. The van der Waals surface area contributed by atoms with E-state index in [2.05, 4.69) is 10.3 Å². The third-order valence-electron chi connectivity index (χ3n) is 5.68. The van der Waals surface area contributed by atoms with Crippen molar-refractivity contribution in [1.82, 2.24) is 10.3 Å². The van der Waals surface area contributed by atoms with Crippen LogP contribution in [0.5, 0.6) is 11.5 Å². The van der Waals surface area contributed by atoms with Crippen LogP contribution in [0.1, 0.15) is 27.0 Å². The highest BCUT2D eigenvalue weighted by Crippen LogP contribution is 2.33. The monoisotopic (exact) mass is 459 g/mol. The van der Waals surface area contributed by atoms with Gasteiger partial charge in [-0.3, -0.25) is 24.3 Å². The Bertz CT molecular complexity index is 1230. The molecule has 1 N–H and O–H groups in total. The smallest absolute Gasteiger partial charge is 0.265 e. The van der Waals surface area contributed by atoms with Crippen LogP contribution in [0.3, 0.4) is 0 Å². The molecule has 1 aliphatic heterocycles. The van der Waals surface area contributed by atoms with Crippen molar-refractivity contribution in [3.8, 4) is 11.5 Å². The summed E-state index contributed by atoms with van der Waals surface area (Å²) in [6.45, 7) is 3.73. The van der Waals surface area contributed by atoms with Gasteiger partial charge in [-0.05, 0) is 66.9 Å². The summed E-state index contributed by atoms with van der Waals surface area (Å²) in [6, 6.07) is 14.1. The summed E-state index contributed by atoms with van der Waals surface area (Å²) in [5.74, 6) is 0.158. The second-order valence-corrected chi connectivity index (χ2v) is 7.99. The molecule has 0 aliphatic carbocycles. The SMILES string of the molecule is Cc1cccc(OCC(=O)c2ccc3c(c2)N(CC(=O)NCc2ccncc2)C(=O)CO3)c1C. The van der Waals surface area contributed by atoms with Crippen molar-refractivity contribution in [2.24, 2.45) is 0 Å². The van der Waals surface area contributed by atoms with Gasteiger partial charge in [0.15, 0.2) is 19.0 Å². The maximum Gasteiger partial charge on any atom is 0.265 e. The Morgan fingerprint density at radius 3 is 2.71 bits per heavy atom. The average Bonchev–Trinajstić information content (AvgIpc) is 2.85. The molecule has 0 saturated carbocycles. The first-order valence-electron chi connectivity index (χ1n) is 10.9. The minimum Gasteiger partial charge on any atom is -0.485 e. The summed E-state index contributed by atoms with van der Waals surface area (Å²) in [4.78, 5) is 43.2. The lowest BCUT2D eigenvalue weighted by Gasteiger charge is -2.29. The number of carbonyl (C=O) groups excluding carboxylic acids is 3. The fraction of sp³-hybridized carbons (Fsp3) is 0.231. The molecule has 3 aromatic rings. The van der Waals surface area contributed by atoms with Crippen LogP contribution < -0.4 is 19.7 Å². The topological polar surface area (TPSA) is 97.8 Å². The lowest BCUT2D eigenvalue weighted by atomic mass is 10.1. The minimum absolute atomic E-state index is 0.149. The van der Waals surface area contributed by atoms with Gasteiger partial charge in [-0.1, -0.05) is 12.1 Å². The van der Waals surface area contributed by atoms with Crippen LogP contribution in [-0.2, 0) is 16.1 Å². The van der Waals surface area contributed by atoms with Crippen molar-refractivity contribution < 1.29 is 23.9 Å². The van der Waals surface area contributed by atoms with E-state index in [1.54, 1.807) is 42.7 Å². The molecule has 2 amide bonds. The van der Waals surface area contributed by atoms with E-state index in [1.807, 2.05) is 32.0 Å². The summed E-state index contributed by atoms with van der Waals surface area (Å²) >= 11 is 0. The van der Waals surface area contributed by atoms with Crippen molar-refractivity contribution in [1.29, 1.82) is 0 Å². The Kier molecular flexibility index (Phi) is 6.87. The molecule has 0 radical (unpaired) electrons. The first-order valence-corrected chi connectivity index (χ1v) is 10.9. The van der Waals surface area contributed by atoms with Crippen molar-refractivity contribution in [3.05, 3.63) is 83.2 Å². The number of carbonyl (C=O) groups is 3. The molecule has 8 nitrogen and oxygen atoms in total. The highest BCUT2D eigenvalue weighted by Gasteiger charge is 2.28. The number of anilines is 1. The molecular formula is C26H25N3O5. The summed E-state index contributed by atoms with van der Waals surface area (Å²) in [5, 5.41) is 2.79. The van der Waals surface area contributed by atoms with Gasteiger partial charge in [0.2, 0.25) is 5.91 Å². The largest absolute Gasteiger partial charge is 0.485 e. The number of nitrogens with one attached hydrogen (secondary N) is 1. The molecule has 8 heteroatoms. The minimum atomic E-state index is -0.359. The summed E-state index contributed by atoms with van der Waals surface area (Å²) in [7, 11) is 0. The molecule has 0 bridgehead atoms. The van der Waals surface area contributed by atoms with Crippen molar-refractivity contribution in [3.63, 3.8) is 0 Å². The maximum absolute atomic E-state index is 12.8. The lowest BCUT2D eigenvalue weighted by Crippen LogP contribution is -2.45. The maximum atomic E-state index is 12.8. The fourth-order valence-corrected chi connectivity index (χ4v) is 3.56. The number of fused-ring (bicyclic) bond motifs is 1. The van der Waals surface area contributed by atoms with Gasteiger partial charge < -0.3 is 14.8 Å². The molecule has 0 unspecified atom stereocenters. The molecular weight excluding hydrogens is 434 g/mol. The van der Waals surface area contributed by atoms with Crippen LogP contribution in [0, 0.1) is 13.8 Å². The zero-order valence-electron chi connectivity index (χ0n) is 19.0. The molecule has 174 valence electrons. The van der Waals surface area contributed by atoms with Gasteiger partial charge in [-0.2, -0.15) is 0 Å². The lowest BCUT2D eigenvalue weighted by molar-refractivity contribution is -0.125. The van der Waals surface area contributed by atoms with Gasteiger partial charge in [0.05, 0.1) is 5.69 Å². The third-order valence-corrected chi connectivity index (χ3v) is 5.68. The van der Waals surface area contributed by atoms with Gasteiger partial charge in [-0.25, -0.2) is 0 Å².